The Morgan fingerprint density at radius 1 is 1.25 bits per heavy atom. The highest BCUT2D eigenvalue weighted by molar-refractivity contribution is 5.94. The van der Waals surface area contributed by atoms with Crippen LogP contribution >= 0.6 is 0 Å². The Kier molecular flexibility index (Phi) is 7.21. The van der Waals surface area contributed by atoms with Gasteiger partial charge in [0, 0.05) is 36.8 Å². The van der Waals surface area contributed by atoms with Crippen LogP contribution in [0.15, 0.2) is 28.8 Å². The van der Waals surface area contributed by atoms with Crippen LogP contribution in [0.5, 0.6) is 0 Å². The van der Waals surface area contributed by atoms with Gasteiger partial charge in [0.1, 0.15) is 5.60 Å². The van der Waals surface area contributed by atoms with Gasteiger partial charge in [-0.2, -0.15) is 4.98 Å². The molecule has 2 amide bonds. The van der Waals surface area contributed by atoms with E-state index >= 15 is 0 Å². The molecular weight excluding hydrogens is 408 g/mol. The number of hydrogen-bond acceptors (Lipinski definition) is 6. The number of ether oxygens (including phenoxy) is 1. The number of piperidine rings is 1. The molecule has 1 fully saturated rings. The first-order chi connectivity index (χ1) is 15.0. The van der Waals surface area contributed by atoms with E-state index in [1.54, 1.807) is 24.0 Å². The summed E-state index contributed by atoms with van der Waals surface area (Å²) in [5.41, 5.74) is 0.868. The van der Waals surface area contributed by atoms with Gasteiger partial charge in [0.25, 0.3) is 11.8 Å². The molecule has 1 aromatic carbocycles. The van der Waals surface area contributed by atoms with Gasteiger partial charge >= 0.3 is 6.09 Å². The Balaban J connectivity index is 1.64. The Hall–Kier alpha value is -2.90. The maximum Gasteiger partial charge on any atom is 0.410 e. The van der Waals surface area contributed by atoms with Crippen molar-refractivity contribution in [3.63, 3.8) is 0 Å². The predicted octanol–water partition coefficient (Wildman–Crippen LogP) is 4.54. The Morgan fingerprint density at radius 2 is 1.94 bits per heavy atom. The van der Waals surface area contributed by atoms with Crippen LogP contribution in [0, 0.1) is 12.8 Å². The second-order valence-corrected chi connectivity index (χ2v) is 9.71. The summed E-state index contributed by atoms with van der Waals surface area (Å²) in [6.45, 7) is 13.3. The average Bonchev–Trinajstić information content (AvgIpc) is 3.16. The summed E-state index contributed by atoms with van der Waals surface area (Å²) in [4.78, 5) is 33.6. The van der Waals surface area contributed by atoms with Crippen LogP contribution in [-0.2, 0) is 4.74 Å². The smallest absolute Gasteiger partial charge is 0.410 e. The lowest BCUT2D eigenvalue weighted by Gasteiger charge is -2.37. The van der Waals surface area contributed by atoms with Gasteiger partial charge in [0.05, 0.1) is 0 Å². The fourth-order valence-corrected chi connectivity index (χ4v) is 3.85. The number of carbonyl (C=O) groups is 2. The number of carbonyl (C=O) groups excluding carboxylic acids is 2. The zero-order chi connectivity index (χ0) is 23.5. The fraction of sp³-hybridized carbons (Fsp3) is 0.583. The summed E-state index contributed by atoms with van der Waals surface area (Å²) >= 11 is 0. The number of benzene rings is 1. The number of likely N-dealkylation sites (tertiary alicyclic amines) is 1. The molecule has 1 saturated heterocycles. The second kappa shape index (κ2) is 9.71. The maximum absolute atomic E-state index is 13.1. The van der Waals surface area contributed by atoms with Crippen LogP contribution in [0.2, 0.25) is 0 Å². The van der Waals surface area contributed by atoms with Crippen LogP contribution < -0.4 is 0 Å². The van der Waals surface area contributed by atoms with Gasteiger partial charge in [0.15, 0.2) is 5.82 Å². The quantitative estimate of drug-likeness (QED) is 0.675. The predicted molar refractivity (Wildman–Crippen MR) is 121 cm³/mol. The highest BCUT2D eigenvalue weighted by Crippen LogP contribution is 2.23. The van der Waals surface area contributed by atoms with Crippen molar-refractivity contribution in [2.75, 3.05) is 19.6 Å². The zero-order valence-electron chi connectivity index (χ0n) is 19.9. The van der Waals surface area contributed by atoms with Crippen molar-refractivity contribution in [1.29, 1.82) is 0 Å². The lowest BCUT2D eigenvalue weighted by molar-refractivity contribution is 0.0124. The van der Waals surface area contributed by atoms with Crippen LogP contribution in [-0.4, -0.2) is 63.2 Å². The van der Waals surface area contributed by atoms with Crippen molar-refractivity contribution in [1.82, 2.24) is 19.9 Å². The van der Waals surface area contributed by atoms with Crippen molar-refractivity contribution >= 4 is 12.0 Å². The van der Waals surface area contributed by atoms with E-state index in [9.17, 15) is 9.59 Å². The highest BCUT2D eigenvalue weighted by Gasteiger charge is 2.30. The summed E-state index contributed by atoms with van der Waals surface area (Å²) < 4.78 is 10.8. The molecule has 0 spiro atoms. The number of aromatic nitrogens is 2. The van der Waals surface area contributed by atoms with Crippen molar-refractivity contribution < 1.29 is 18.8 Å². The molecule has 0 bridgehead atoms. The fourth-order valence-electron chi connectivity index (χ4n) is 3.85. The van der Waals surface area contributed by atoms with Crippen molar-refractivity contribution in [3.05, 3.63) is 35.7 Å². The second-order valence-electron chi connectivity index (χ2n) is 9.71. The van der Waals surface area contributed by atoms with E-state index in [-0.39, 0.29) is 24.0 Å². The van der Waals surface area contributed by atoms with Crippen LogP contribution in [0.25, 0.3) is 11.5 Å². The van der Waals surface area contributed by atoms with E-state index in [1.165, 1.54) is 0 Å². The van der Waals surface area contributed by atoms with E-state index in [1.807, 2.05) is 51.7 Å². The zero-order valence-corrected chi connectivity index (χ0v) is 19.9. The minimum atomic E-state index is -0.537. The van der Waals surface area contributed by atoms with Gasteiger partial charge in [-0.1, -0.05) is 5.16 Å². The molecule has 32 heavy (non-hydrogen) atoms. The molecule has 174 valence electrons. The molecule has 0 radical (unpaired) electrons. The molecule has 1 aromatic heterocycles. The largest absolute Gasteiger partial charge is 0.444 e. The van der Waals surface area contributed by atoms with E-state index in [4.69, 9.17) is 9.26 Å². The number of hydrogen-bond donors (Lipinski definition) is 0. The minimum Gasteiger partial charge on any atom is -0.444 e. The molecule has 1 atom stereocenters. The van der Waals surface area contributed by atoms with Gasteiger partial charge in [-0.25, -0.2) is 4.79 Å². The average molecular weight is 443 g/mol. The molecule has 3 rings (SSSR count). The number of rotatable bonds is 5. The van der Waals surface area contributed by atoms with Gasteiger partial charge in [-0.15, -0.1) is 0 Å². The normalized spacial score (nSPS) is 16.8. The molecule has 0 saturated carbocycles. The lowest BCUT2D eigenvalue weighted by atomic mass is 9.96. The first-order valence-electron chi connectivity index (χ1n) is 11.2. The Bertz CT molecular complexity index is 930. The minimum absolute atomic E-state index is 0.00340. The number of nitrogens with zero attached hydrogens (tertiary/aromatic N) is 4. The number of aryl methyl sites for hydroxylation is 1. The maximum atomic E-state index is 13.1. The van der Waals surface area contributed by atoms with Crippen LogP contribution in [0.1, 0.15) is 63.6 Å². The standard InChI is InChI=1S/C24H34N4O4/c1-16(2)28(23(30)31-24(4,5)6)15-18-8-7-13-27(14-18)22(29)20-11-9-19(10-12-20)21-25-17(3)26-32-21/h9-12,16,18H,7-8,13-15H2,1-6H3. The molecule has 8 heteroatoms. The molecule has 2 aromatic rings. The van der Waals surface area contributed by atoms with Crippen LogP contribution in [0.3, 0.4) is 0 Å². The topological polar surface area (TPSA) is 88.8 Å². The molecular formula is C24H34N4O4. The Labute approximate surface area is 189 Å². The highest BCUT2D eigenvalue weighted by atomic mass is 16.6. The molecule has 8 nitrogen and oxygen atoms in total. The third-order valence-electron chi connectivity index (χ3n) is 5.42. The summed E-state index contributed by atoms with van der Waals surface area (Å²) in [6, 6.07) is 7.26. The molecule has 0 N–H and O–H groups in total. The molecule has 1 aliphatic heterocycles. The van der Waals surface area contributed by atoms with Crippen molar-refractivity contribution in [3.8, 4) is 11.5 Å². The summed E-state index contributed by atoms with van der Waals surface area (Å²) in [5, 5.41) is 3.80. The van der Waals surface area contributed by atoms with Crippen LogP contribution in [0.4, 0.5) is 4.79 Å². The lowest BCUT2D eigenvalue weighted by Crippen LogP contribution is -2.48. The third kappa shape index (κ3) is 6.08. The van der Waals surface area contributed by atoms with E-state index in [2.05, 4.69) is 10.1 Å². The van der Waals surface area contributed by atoms with Gasteiger partial charge in [0.2, 0.25) is 0 Å². The SMILES string of the molecule is Cc1noc(-c2ccc(C(=O)N3CCCC(CN(C(=O)OC(C)(C)C)C(C)C)C3)cc2)n1. The van der Waals surface area contributed by atoms with E-state index < -0.39 is 5.60 Å². The van der Waals surface area contributed by atoms with Gasteiger partial charge < -0.3 is 19.1 Å². The summed E-state index contributed by atoms with van der Waals surface area (Å²) in [5.74, 6) is 1.22. The van der Waals surface area contributed by atoms with E-state index in [0.29, 0.717) is 36.9 Å². The van der Waals surface area contributed by atoms with Gasteiger partial charge in [-0.3, -0.25) is 4.79 Å². The molecule has 0 aliphatic carbocycles. The third-order valence-corrected chi connectivity index (χ3v) is 5.42. The first kappa shape index (κ1) is 23.8. The summed E-state index contributed by atoms with van der Waals surface area (Å²) in [7, 11) is 0. The summed E-state index contributed by atoms with van der Waals surface area (Å²) in [6.07, 6.45) is 1.59. The first-order valence-corrected chi connectivity index (χ1v) is 11.2. The van der Waals surface area contributed by atoms with Gasteiger partial charge in [-0.05, 0) is 84.6 Å². The van der Waals surface area contributed by atoms with Crippen molar-refractivity contribution in [2.45, 2.75) is 66.0 Å². The van der Waals surface area contributed by atoms with E-state index in [0.717, 1.165) is 18.4 Å². The monoisotopic (exact) mass is 442 g/mol. The molecule has 1 unspecified atom stereocenters. The van der Waals surface area contributed by atoms with Crippen molar-refractivity contribution in [2.24, 2.45) is 5.92 Å². The number of amides is 2. The Morgan fingerprint density at radius 3 is 2.50 bits per heavy atom. The molecule has 1 aliphatic rings. The molecule has 2 heterocycles.